The lowest BCUT2D eigenvalue weighted by Crippen LogP contribution is -2.45. The van der Waals surface area contributed by atoms with Crippen LogP contribution in [0.25, 0.3) is 0 Å². The number of imidazole rings is 1. The summed E-state index contributed by atoms with van der Waals surface area (Å²) in [7, 11) is 0. The van der Waals surface area contributed by atoms with Crippen molar-refractivity contribution in [3.63, 3.8) is 0 Å². The van der Waals surface area contributed by atoms with Crippen LogP contribution in [0.2, 0.25) is 0 Å². The van der Waals surface area contributed by atoms with Gasteiger partial charge in [0.05, 0.1) is 19.4 Å². The summed E-state index contributed by atoms with van der Waals surface area (Å²) >= 11 is 0. The quantitative estimate of drug-likeness (QED) is 0.761. The van der Waals surface area contributed by atoms with E-state index >= 15 is 0 Å². The molecule has 0 spiro atoms. The Morgan fingerprint density at radius 2 is 1.46 bits per heavy atom. The predicted molar refractivity (Wildman–Crippen MR) is 96.2 cm³/mol. The van der Waals surface area contributed by atoms with Crippen molar-refractivity contribution in [2.45, 2.75) is 13.1 Å². The minimum absolute atomic E-state index is 0.218. The van der Waals surface area contributed by atoms with Crippen LogP contribution in [0.15, 0.2) is 67.0 Å². The zero-order chi connectivity index (χ0) is 17.9. The summed E-state index contributed by atoms with van der Waals surface area (Å²) in [5.41, 5.74) is 4.76. The zero-order valence-corrected chi connectivity index (χ0v) is 13.9. The number of nitrogens with one attached hydrogen (secondary N) is 2. The van der Waals surface area contributed by atoms with Crippen LogP contribution in [0.5, 0.6) is 0 Å². The number of anilines is 1. The molecule has 7 nitrogen and oxygen atoms in total. The van der Waals surface area contributed by atoms with Crippen molar-refractivity contribution in [1.29, 1.82) is 0 Å². The number of amides is 3. The maximum Gasteiger partial charge on any atom is 0.339 e. The van der Waals surface area contributed by atoms with Crippen LogP contribution in [0.4, 0.5) is 10.6 Å². The molecule has 1 aliphatic rings. The Bertz CT molecular complexity index is 937. The number of rotatable bonds is 4. The number of carbonyl (C=O) groups excluding carboxylic acids is 2. The first-order valence-electron chi connectivity index (χ1n) is 8.23. The van der Waals surface area contributed by atoms with Crippen molar-refractivity contribution < 1.29 is 9.59 Å². The summed E-state index contributed by atoms with van der Waals surface area (Å²) in [5.74, 6) is 0.0425. The second kappa shape index (κ2) is 6.72. The largest absolute Gasteiger partial charge is 0.339 e. The highest BCUT2D eigenvalue weighted by Crippen LogP contribution is 2.21. The summed E-state index contributed by atoms with van der Waals surface area (Å²) in [6.45, 7) is 0.771. The van der Waals surface area contributed by atoms with E-state index in [9.17, 15) is 9.59 Å². The van der Waals surface area contributed by atoms with E-state index in [1.165, 1.54) is 5.01 Å². The normalized spacial score (nSPS) is 13.6. The van der Waals surface area contributed by atoms with E-state index in [-0.39, 0.29) is 18.1 Å². The van der Waals surface area contributed by atoms with Crippen LogP contribution in [-0.4, -0.2) is 26.5 Å². The predicted octanol–water partition coefficient (Wildman–Crippen LogP) is 2.62. The SMILES string of the molecule is O=C1Nc2c(ncn2Cc2ccccc2)C(=O)N(Cc2ccccc2)N1. The first-order valence-corrected chi connectivity index (χ1v) is 8.23. The lowest BCUT2D eigenvalue weighted by Gasteiger charge is -2.20. The standard InChI is InChI=1S/C19H17N5O2/c25-18-16-17(23(13-20-16)11-14-7-3-1-4-8-14)21-19(26)22-24(18)12-15-9-5-2-6-10-15/h1-10,13H,11-12H2,(H2,21,22,26). The van der Waals surface area contributed by atoms with Gasteiger partial charge in [0.2, 0.25) is 0 Å². The van der Waals surface area contributed by atoms with Crippen LogP contribution in [0.1, 0.15) is 21.6 Å². The van der Waals surface area contributed by atoms with Crippen LogP contribution in [0, 0.1) is 0 Å². The molecule has 2 heterocycles. The maximum atomic E-state index is 12.8. The summed E-state index contributed by atoms with van der Waals surface area (Å²) in [6.07, 6.45) is 1.57. The van der Waals surface area contributed by atoms with Crippen molar-refractivity contribution in [3.05, 3.63) is 83.8 Å². The first kappa shape index (κ1) is 15.9. The number of carbonyl (C=O) groups is 2. The van der Waals surface area contributed by atoms with Gasteiger partial charge in [-0.1, -0.05) is 60.7 Å². The molecule has 0 bridgehead atoms. The molecule has 0 atom stereocenters. The molecule has 3 aromatic rings. The molecule has 1 aliphatic heterocycles. The lowest BCUT2D eigenvalue weighted by atomic mass is 10.2. The van der Waals surface area contributed by atoms with E-state index < -0.39 is 6.03 Å². The minimum atomic E-state index is -0.470. The number of hydrazine groups is 1. The van der Waals surface area contributed by atoms with Gasteiger partial charge in [0.15, 0.2) is 5.69 Å². The Morgan fingerprint density at radius 3 is 2.12 bits per heavy atom. The Labute approximate surface area is 150 Å². The van der Waals surface area contributed by atoms with Gasteiger partial charge in [0.1, 0.15) is 5.82 Å². The number of urea groups is 1. The molecular weight excluding hydrogens is 330 g/mol. The number of aromatic nitrogens is 2. The molecule has 3 amide bonds. The second-order valence-electron chi connectivity index (χ2n) is 6.00. The van der Waals surface area contributed by atoms with Gasteiger partial charge in [-0.15, -0.1) is 0 Å². The molecule has 2 N–H and O–H groups in total. The third kappa shape index (κ3) is 3.14. The molecule has 1 aromatic heterocycles. The van der Waals surface area contributed by atoms with Crippen molar-refractivity contribution in [1.82, 2.24) is 20.0 Å². The molecule has 26 heavy (non-hydrogen) atoms. The molecule has 0 aliphatic carbocycles. The van der Waals surface area contributed by atoms with Crippen LogP contribution >= 0.6 is 0 Å². The van der Waals surface area contributed by atoms with Crippen LogP contribution < -0.4 is 10.7 Å². The van der Waals surface area contributed by atoms with Crippen LogP contribution in [-0.2, 0) is 13.1 Å². The van der Waals surface area contributed by atoms with E-state index in [1.54, 1.807) is 10.9 Å². The van der Waals surface area contributed by atoms with Gasteiger partial charge in [0.25, 0.3) is 5.91 Å². The summed E-state index contributed by atoms with van der Waals surface area (Å²) < 4.78 is 1.76. The number of hydrogen-bond donors (Lipinski definition) is 2. The Balaban J connectivity index is 1.62. The second-order valence-corrected chi connectivity index (χ2v) is 6.00. The fraction of sp³-hybridized carbons (Fsp3) is 0.105. The molecule has 0 radical (unpaired) electrons. The van der Waals surface area contributed by atoms with Gasteiger partial charge in [-0.3, -0.25) is 10.1 Å². The molecular formula is C19H17N5O2. The van der Waals surface area contributed by atoms with E-state index in [0.29, 0.717) is 12.4 Å². The average molecular weight is 347 g/mol. The van der Waals surface area contributed by atoms with E-state index in [2.05, 4.69) is 15.7 Å². The van der Waals surface area contributed by atoms with E-state index in [4.69, 9.17) is 0 Å². The van der Waals surface area contributed by atoms with Gasteiger partial charge in [-0.25, -0.2) is 20.2 Å². The Hall–Kier alpha value is -3.61. The van der Waals surface area contributed by atoms with Gasteiger partial charge in [-0.2, -0.15) is 0 Å². The van der Waals surface area contributed by atoms with Gasteiger partial charge < -0.3 is 4.57 Å². The number of benzene rings is 2. The topological polar surface area (TPSA) is 79.3 Å². The van der Waals surface area contributed by atoms with Crippen molar-refractivity contribution in [3.8, 4) is 0 Å². The maximum absolute atomic E-state index is 12.8. The average Bonchev–Trinajstić information content (AvgIpc) is 2.99. The third-order valence-corrected chi connectivity index (χ3v) is 4.13. The molecule has 0 saturated heterocycles. The Morgan fingerprint density at radius 1 is 0.846 bits per heavy atom. The minimum Gasteiger partial charge on any atom is -0.312 e. The van der Waals surface area contributed by atoms with Crippen molar-refractivity contribution in [2.24, 2.45) is 0 Å². The smallest absolute Gasteiger partial charge is 0.312 e. The number of fused-ring (bicyclic) bond motifs is 1. The van der Waals surface area contributed by atoms with Crippen LogP contribution in [0.3, 0.4) is 0 Å². The summed E-state index contributed by atoms with van der Waals surface area (Å²) in [5, 5.41) is 4.00. The molecule has 0 saturated carbocycles. The van der Waals surface area contributed by atoms with Gasteiger partial charge >= 0.3 is 6.03 Å². The molecule has 2 aromatic carbocycles. The van der Waals surface area contributed by atoms with Crippen molar-refractivity contribution in [2.75, 3.05) is 5.32 Å². The molecule has 4 rings (SSSR count). The lowest BCUT2D eigenvalue weighted by molar-refractivity contribution is 0.0673. The molecule has 0 fully saturated rings. The highest BCUT2D eigenvalue weighted by atomic mass is 16.2. The first-order chi connectivity index (χ1) is 12.7. The zero-order valence-electron chi connectivity index (χ0n) is 13.9. The Kier molecular flexibility index (Phi) is 4.10. The monoisotopic (exact) mass is 347 g/mol. The highest BCUT2D eigenvalue weighted by molar-refractivity contribution is 6.04. The fourth-order valence-corrected chi connectivity index (χ4v) is 2.88. The van der Waals surface area contributed by atoms with Crippen molar-refractivity contribution >= 4 is 17.8 Å². The van der Waals surface area contributed by atoms with E-state index in [0.717, 1.165) is 11.1 Å². The molecule has 130 valence electrons. The number of nitrogens with zero attached hydrogens (tertiary/aromatic N) is 3. The van der Waals surface area contributed by atoms with Gasteiger partial charge in [0, 0.05) is 0 Å². The summed E-state index contributed by atoms with van der Waals surface area (Å²) in [4.78, 5) is 29.3. The highest BCUT2D eigenvalue weighted by Gasteiger charge is 2.29. The number of hydrogen-bond acceptors (Lipinski definition) is 3. The fourth-order valence-electron chi connectivity index (χ4n) is 2.88. The summed E-state index contributed by atoms with van der Waals surface area (Å²) in [6, 6.07) is 18.8. The molecule has 7 heteroatoms. The van der Waals surface area contributed by atoms with Gasteiger partial charge in [-0.05, 0) is 11.1 Å². The van der Waals surface area contributed by atoms with E-state index in [1.807, 2.05) is 60.7 Å². The molecule has 0 unspecified atom stereocenters. The third-order valence-electron chi connectivity index (χ3n) is 4.13.